The lowest BCUT2D eigenvalue weighted by atomic mass is 10.1. The van der Waals surface area contributed by atoms with Gasteiger partial charge in [-0.1, -0.05) is 42.1 Å². The first-order valence-corrected chi connectivity index (χ1v) is 6.84. The lowest BCUT2D eigenvalue weighted by molar-refractivity contribution is -0.119. The molecule has 0 spiro atoms. The van der Waals surface area contributed by atoms with E-state index in [9.17, 15) is 4.79 Å². The molecule has 1 aliphatic heterocycles. The molecule has 0 saturated carbocycles. The fourth-order valence-corrected chi connectivity index (χ4v) is 2.52. The van der Waals surface area contributed by atoms with E-state index in [0.29, 0.717) is 11.6 Å². The lowest BCUT2D eigenvalue weighted by Gasteiger charge is -1.99. The van der Waals surface area contributed by atoms with Crippen LogP contribution in [0.3, 0.4) is 0 Å². The van der Waals surface area contributed by atoms with Gasteiger partial charge in [-0.2, -0.15) is 5.10 Å². The number of nitrogens with zero attached hydrogens (tertiary/aromatic N) is 2. The Morgan fingerprint density at radius 3 is 2.84 bits per heavy atom. The molecule has 100 valence electrons. The van der Waals surface area contributed by atoms with E-state index in [2.05, 4.69) is 15.5 Å². The van der Waals surface area contributed by atoms with Crippen LogP contribution in [0, 0.1) is 0 Å². The maximum atomic E-state index is 11.5. The van der Waals surface area contributed by atoms with Gasteiger partial charge in [-0.3, -0.25) is 4.79 Å². The highest BCUT2D eigenvalue weighted by Gasteiger charge is 2.29. The van der Waals surface area contributed by atoms with Crippen LogP contribution >= 0.6 is 11.8 Å². The molecule has 0 radical (unpaired) electrons. The third-order valence-electron chi connectivity index (χ3n) is 2.65. The van der Waals surface area contributed by atoms with Crippen LogP contribution < -0.4 is 5.32 Å². The first kappa shape index (κ1) is 13.8. The Bertz CT molecular complexity index is 514. The second kappa shape index (κ2) is 6.49. The van der Waals surface area contributed by atoms with Crippen molar-refractivity contribution in [2.24, 2.45) is 10.2 Å². The van der Waals surface area contributed by atoms with Crippen molar-refractivity contribution in [3.05, 3.63) is 35.9 Å². The molecular weight excluding hydrogens is 262 g/mol. The van der Waals surface area contributed by atoms with Crippen LogP contribution in [0.2, 0.25) is 0 Å². The van der Waals surface area contributed by atoms with E-state index >= 15 is 0 Å². The molecule has 2 N–H and O–H groups in total. The maximum absolute atomic E-state index is 11.5. The molecular formula is C13H15N3O2S. The Balaban J connectivity index is 2.05. The zero-order valence-electron chi connectivity index (χ0n) is 10.5. The Morgan fingerprint density at radius 2 is 2.16 bits per heavy atom. The predicted molar refractivity (Wildman–Crippen MR) is 77.3 cm³/mol. The third kappa shape index (κ3) is 3.65. The fourth-order valence-electron chi connectivity index (χ4n) is 1.62. The summed E-state index contributed by atoms with van der Waals surface area (Å²) in [5, 5.41) is 19.9. The van der Waals surface area contributed by atoms with Crippen LogP contribution in [-0.2, 0) is 4.79 Å². The zero-order chi connectivity index (χ0) is 13.7. The van der Waals surface area contributed by atoms with Crippen LogP contribution in [-0.4, -0.2) is 33.7 Å². The topological polar surface area (TPSA) is 74.0 Å². The van der Waals surface area contributed by atoms with Crippen molar-refractivity contribution in [1.29, 1.82) is 0 Å². The van der Waals surface area contributed by atoms with Crippen LogP contribution in [0.5, 0.6) is 0 Å². The molecule has 1 heterocycles. The quantitative estimate of drug-likeness (QED) is 0.645. The molecule has 1 unspecified atom stereocenters. The molecule has 0 aliphatic carbocycles. The molecule has 6 heteroatoms. The van der Waals surface area contributed by atoms with Crippen LogP contribution in [0.15, 0.2) is 40.5 Å². The van der Waals surface area contributed by atoms with Gasteiger partial charge < -0.3 is 10.4 Å². The molecule has 1 amide bonds. The molecule has 0 aromatic heterocycles. The SMILES string of the molecule is C/C(=N\N=C1/NC(=O)C(CCO)S1)c1ccccc1. The van der Waals surface area contributed by atoms with Gasteiger partial charge in [0.15, 0.2) is 5.17 Å². The highest BCUT2D eigenvalue weighted by atomic mass is 32.2. The van der Waals surface area contributed by atoms with Crippen molar-refractivity contribution < 1.29 is 9.90 Å². The number of carbonyl (C=O) groups excluding carboxylic acids is 1. The Kier molecular flexibility index (Phi) is 4.70. The van der Waals surface area contributed by atoms with Crippen molar-refractivity contribution in [2.75, 3.05) is 6.61 Å². The summed E-state index contributed by atoms with van der Waals surface area (Å²) in [6, 6.07) is 9.72. The summed E-state index contributed by atoms with van der Waals surface area (Å²) in [4.78, 5) is 11.5. The van der Waals surface area contributed by atoms with Gasteiger partial charge in [0.1, 0.15) is 0 Å². The van der Waals surface area contributed by atoms with Crippen molar-refractivity contribution in [2.45, 2.75) is 18.6 Å². The van der Waals surface area contributed by atoms with Gasteiger partial charge in [-0.15, -0.1) is 5.10 Å². The van der Waals surface area contributed by atoms with Gasteiger partial charge in [0.25, 0.3) is 0 Å². The summed E-state index contributed by atoms with van der Waals surface area (Å²) in [5.41, 5.74) is 1.78. The molecule has 1 aliphatic rings. The van der Waals surface area contributed by atoms with Crippen molar-refractivity contribution in [1.82, 2.24) is 5.32 Å². The number of amides is 1. The minimum Gasteiger partial charge on any atom is -0.396 e. The van der Waals surface area contributed by atoms with Gasteiger partial charge in [0.2, 0.25) is 5.91 Å². The van der Waals surface area contributed by atoms with Gasteiger partial charge in [0.05, 0.1) is 11.0 Å². The molecule has 5 nitrogen and oxygen atoms in total. The Hall–Kier alpha value is -1.66. The normalized spacial score (nSPS) is 21.8. The third-order valence-corrected chi connectivity index (χ3v) is 3.79. The van der Waals surface area contributed by atoms with Gasteiger partial charge in [-0.25, -0.2) is 0 Å². The smallest absolute Gasteiger partial charge is 0.239 e. The molecule has 1 aromatic rings. The number of carbonyl (C=O) groups is 1. The average Bonchev–Trinajstić information content (AvgIpc) is 2.78. The summed E-state index contributed by atoms with van der Waals surface area (Å²) in [6.07, 6.45) is 0.427. The largest absolute Gasteiger partial charge is 0.396 e. The number of nitrogens with one attached hydrogen (secondary N) is 1. The number of benzene rings is 1. The summed E-state index contributed by atoms with van der Waals surface area (Å²) >= 11 is 1.30. The van der Waals surface area contributed by atoms with E-state index in [0.717, 1.165) is 11.3 Å². The molecule has 2 rings (SSSR count). The summed E-state index contributed by atoms with van der Waals surface area (Å²) in [5.74, 6) is -0.120. The summed E-state index contributed by atoms with van der Waals surface area (Å²) in [7, 11) is 0. The van der Waals surface area contributed by atoms with Gasteiger partial charge >= 0.3 is 0 Å². The van der Waals surface area contributed by atoms with E-state index in [1.807, 2.05) is 37.3 Å². The molecule has 1 atom stereocenters. The van der Waals surface area contributed by atoms with E-state index in [1.165, 1.54) is 11.8 Å². The highest BCUT2D eigenvalue weighted by molar-refractivity contribution is 8.15. The summed E-state index contributed by atoms with van der Waals surface area (Å²) < 4.78 is 0. The van der Waals surface area contributed by atoms with E-state index in [1.54, 1.807) is 0 Å². The first-order chi connectivity index (χ1) is 9.20. The number of amidine groups is 1. The molecule has 1 aromatic carbocycles. The second-order valence-electron chi connectivity index (χ2n) is 4.06. The van der Waals surface area contributed by atoms with Crippen LogP contribution in [0.1, 0.15) is 18.9 Å². The zero-order valence-corrected chi connectivity index (χ0v) is 11.4. The standard InChI is InChI=1S/C13H15N3O2S/c1-9(10-5-3-2-4-6-10)15-16-13-14-12(18)11(19-13)7-8-17/h2-6,11,17H,7-8H2,1H3,(H,14,16,18)/b15-9+. The average molecular weight is 277 g/mol. The number of hydrogen-bond donors (Lipinski definition) is 2. The van der Waals surface area contributed by atoms with E-state index in [4.69, 9.17) is 5.11 Å². The van der Waals surface area contributed by atoms with Crippen LogP contribution in [0.4, 0.5) is 0 Å². The number of thioether (sulfide) groups is 1. The number of aliphatic hydroxyl groups is 1. The lowest BCUT2D eigenvalue weighted by Crippen LogP contribution is -2.25. The maximum Gasteiger partial charge on any atom is 0.239 e. The monoisotopic (exact) mass is 277 g/mol. The van der Waals surface area contributed by atoms with Gasteiger partial charge in [0, 0.05) is 6.61 Å². The fraction of sp³-hybridized carbons (Fsp3) is 0.308. The van der Waals surface area contributed by atoms with E-state index < -0.39 is 0 Å². The second-order valence-corrected chi connectivity index (χ2v) is 5.26. The Labute approximate surface area is 115 Å². The minimum absolute atomic E-state index is 0.00925. The Morgan fingerprint density at radius 1 is 1.42 bits per heavy atom. The number of hydrogen-bond acceptors (Lipinski definition) is 5. The van der Waals surface area contributed by atoms with E-state index in [-0.39, 0.29) is 17.8 Å². The number of rotatable bonds is 4. The summed E-state index contributed by atoms with van der Waals surface area (Å²) in [6.45, 7) is 1.86. The van der Waals surface area contributed by atoms with Crippen LogP contribution in [0.25, 0.3) is 0 Å². The molecule has 1 fully saturated rings. The number of aliphatic hydroxyl groups excluding tert-OH is 1. The van der Waals surface area contributed by atoms with Crippen molar-refractivity contribution >= 4 is 28.5 Å². The van der Waals surface area contributed by atoms with Crippen molar-refractivity contribution in [3.63, 3.8) is 0 Å². The van der Waals surface area contributed by atoms with Crippen molar-refractivity contribution in [3.8, 4) is 0 Å². The molecule has 19 heavy (non-hydrogen) atoms. The first-order valence-electron chi connectivity index (χ1n) is 5.96. The van der Waals surface area contributed by atoms with Gasteiger partial charge in [-0.05, 0) is 18.9 Å². The predicted octanol–water partition coefficient (Wildman–Crippen LogP) is 1.38. The molecule has 0 bridgehead atoms. The molecule has 1 saturated heterocycles. The minimum atomic E-state index is -0.268. The highest BCUT2D eigenvalue weighted by Crippen LogP contribution is 2.22.